The molecule has 0 radical (unpaired) electrons. The lowest BCUT2D eigenvalue weighted by Crippen LogP contribution is -2.39. The van der Waals surface area contributed by atoms with Crippen LogP contribution < -0.4 is 0 Å². The van der Waals surface area contributed by atoms with Crippen LogP contribution in [-0.2, 0) is 4.79 Å². The van der Waals surface area contributed by atoms with Crippen LogP contribution in [-0.4, -0.2) is 5.78 Å². The molecule has 0 saturated heterocycles. The Labute approximate surface area is 118 Å². The molecule has 0 bridgehead atoms. The zero-order valence-electron chi connectivity index (χ0n) is 13.0. The van der Waals surface area contributed by atoms with Crippen molar-refractivity contribution in [2.45, 2.75) is 72.1 Å². The topological polar surface area (TPSA) is 17.1 Å². The fourth-order valence-electron chi connectivity index (χ4n) is 4.83. The molecule has 0 spiro atoms. The van der Waals surface area contributed by atoms with E-state index >= 15 is 0 Å². The highest BCUT2D eigenvalue weighted by molar-refractivity contribution is 5.83. The summed E-state index contributed by atoms with van der Waals surface area (Å²) in [4.78, 5) is 12.1. The van der Waals surface area contributed by atoms with Crippen molar-refractivity contribution >= 4 is 5.78 Å². The van der Waals surface area contributed by atoms with Gasteiger partial charge in [0.15, 0.2) is 0 Å². The summed E-state index contributed by atoms with van der Waals surface area (Å²) in [6.07, 6.45) is 9.41. The molecule has 2 aliphatic carbocycles. The number of allylic oxidation sites excluding steroid dienone is 1. The maximum absolute atomic E-state index is 12.1. The standard InChI is InChI=1S/C18H30O/c1-13(2)7-5-8-14(3)15-10-11-16-17(19)9-6-12-18(15,16)4/h14-16H,1,5-12H2,2-4H3/t14-,15-,16+,18-/m1/s1. The van der Waals surface area contributed by atoms with Crippen LogP contribution >= 0.6 is 0 Å². The van der Waals surface area contributed by atoms with Crippen LogP contribution in [0, 0.1) is 23.2 Å². The summed E-state index contributed by atoms with van der Waals surface area (Å²) in [5.74, 6) is 2.48. The van der Waals surface area contributed by atoms with Crippen LogP contribution in [0.25, 0.3) is 0 Å². The molecule has 1 nitrogen and oxygen atoms in total. The maximum atomic E-state index is 12.1. The molecule has 0 aromatic heterocycles. The summed E-state index contributed by atoms with van der Waals surface area (Å²) in [6, 6.07) is 0. The summed E-state index contributed by atoms with van der Waals surface area (Å²) < 4.78 is 0. The van der Waals surface area contributed by atoms with E-state index in [-0.39, 0.29) is 0 Å². The molecule has 0 heterocycles. The third kappa shape index (κ3) is 2.95. The van der Waals surface area contributed by atoms with E-state index in [1.165, 1.54) is 31.3 Å². The molecule has 0 unspecified atom stereocenters. The van der Waals surface area contributed by atoms with E-state index in [1.807, 2.05) is 0 Å². The zero-order chi connectivity index (χ0) is 14.0. The van der Waals surface area contributed by atoms with Gasteiger partial charge in [0.25, 0.3) is 0 Å². The average molecular weight is 262 g/mol. The van der Waals surface area contributed by atoms with E-state index in [2.05, 4.69) is 27.4 Å². The minimum Gasteiger partial charge on any atom is -0.299 e. The van der Waals surface area contributed by atoms with Crippen LogP contribution in [0.5, 0.6) is 0 Å². The van der Waals surface area contributed by atoms with Gasteiger partial charge >= 0.3 is 0 Å². The zero-order valence-corrected chi connectivity index (χ0v) is 13.0. The highest BCUT2D eigenvalue weighted by Gasteiger charge is 2.52. The van der Waals surface area contributed by atoms with Gasteiger partial charge in [-0.1, -0.05) is 25.8 Å². The molecule has 19 heavy (non-hydrogen) atoms. The Balaban J connectivity index is 1.96. The lowest BCUT2D eigenvalue weighted by Gasteiger charge is -2.42. The number of carbonyl (C=O) groups is 1. The molecule has 0 N–H and O–H groups in total. The smallest absolute Gasteiger partial charge is 0.136 e. The van der Waals surface area contributed by atoms with Gasteiger partial charge in [-0.15, -0.1) is 6.58 Å². The summed E-state index contributed by atoms with van der Waals surface area (Å²) >= 11 is 0. The van der Waals surface area contributed by atoms with Gasteiger partial charge < -0.3 is 0 Å². The molecule has 2 aliphatic rings. The first kappa shape index (κ1) is 14.8. The van der Waals surface area contributed by atoms with E-state index in [0.717, 1.165) is 37.5 Å². The Hall–Kier alpha value is -0.590. The normalized spacial score (nSPS) is 36.1. The minimum absolute atomic E-state index is 0.317. The van der Waals surface area contributed by atoms with E-state index in [1.54, 1.807) is 0 Å². The summed E-state index contributed by atoms with van der Waals surface area (Å²) in [7, 11) is 0. The van der Waals surface area contributed by atoms with Gasteiger partial charge in [-0.2, -0.15) is 0 Å². The van der Waals surface area contributed by atoms with E-state index in [4.69, 9.17) is 0 Å². The first-order valence-electron chi connectivity index (χ1n) is 8.12. The van der Waals surface area contributed by atoms with Crippen molar-refractivity contribution in [1.82, 2.24) is 0 Å². The second kappa shape index (κ2) is 5.81. The predicted octanol–water partition coefficient (Wildman–Crippen LogP) is 5.15. The van der Waals surface area contributed by atoms with Gasteiger partial charge in [0.05, 0.1) is 0 Å². The van der Waals surface area contributed by atoms with Crippen molar-refractivity contribution in [3.63, 3.8) is 0 Å². The number of ketones is 1. The number of rotatable bonds is 5. The molecular formula is C18H30O. The Morgan fingerprint density at radius 3 is 2.89 bits per heavy atom. The monoisotopic (exact) mass is 262 g/mol. The number of Topliss-reactive ketones (excluding diaryl/α,β-unsaturated/α-hetero) is 1. The highest BCUT2D eigenvalue weighted by Crippen LogP contribution is 2.57. The fourth-order valence-corrected chi connectivity index (χ4v) is 4.83. The Morgan fingerprint density at radius 2 is 2.21 bits per heavy atom. The lowest BCUT2D eigenvalue weighted by atomic mass is 9.62. The number of hydrogen-bond donors (Lipinski definition) is 0. The van der Waals surface area contributed by atoms with Crippen molar-refractivity contribution in [1.29, 1.82) is 0 Å². The maximum Gasteiger partial charge on any atom is 0.136 e. The molecule has 2 fully saturated rings. The predicted molar refractivity (Wildman–Crippen MR) is 81.0 cm³/mol. The van der Waals surface area contributed by atoms with Gasteiger partial charge in [-0.25, -0.2) is 0 Å². The van der Waals surface area contributed by atoms with Crippen molar-refractivity contribution < 1.29 is 4.79 Å². The molecule has 0 aromatic carbocycles. The molecule has 2 saturated carbocycles. The second-order valence-corrected chi connectivity index (χ2v) is 7.39. The lowest BCUT2D eigenvalue weighted by molar-refractivity contribution is -0.130. The van der Waals surface area contributed by atoms with Crippen molar-refractivity contribution in [2.75, 3.05) is 0 Å². The number of fused-ring (bicyclic) bond motifs is 1. The Morgan fingerprint density at radius 1 is 1.47 bits per heavy atom. The van der Waals surface area contributed by atoms with Crippen LogP contribution in [0.2, 0.25) is 0 Å². The molecule has 0 amide bonds. The number of hydrogen-bond acceptors (Lipinski definition) is 1. The quantitative estimate of drug-likeness (QED) is 0.626. The molecule has 4 atom stereocenters. The van der Waals surface area contributed by atoms with Crippen LogP contribution in [0.3, 0.4) is 0 Å². The van der Waals surface area contributed by atoms with E-state index in [9.17, 15) is 4.79 Å². The summed E-state index contributed by atoms with van der Waals surface area (Å²) in [6.45, 7) is 10.9. The SMILES string of the molecule is C=C(C)CCC[C@@H](C)[C@H]1CC[C@H]2C(=O)CCC[C@]12C. The molecule has 1 heteroatoms. The van der Waals surface area contributed by atoms with Gasteiger partial charge in [-0.05, 0) is 62.7 Å². The Kier molecular flexibility index (Phi) is 4.53. The van der Waals surface area contributed by atoms with Gasteiger partial charge in [0, 0.05) is 12.3 Å². The van der Waals surface area contributed by atoms with Crippen molar-refractivity contribution in [2.24, 2.45) is 23.2 Å². The molecule has 0 aromatic rings. The average Bonchev–Trinajstić information content (AvgIpc) is 2.67. The van der Waals surface area contributed by atoms with Gasteiger partial charge in [-0.3, -0.25) is 4.79 Å². The molecular weight excluding hydrogens is 232 g/mol. The van der Waals surface area contributed by atoms with Crippen molar-refractivity contribution in [3.05, 3.63) is 12.2 Å². The van der Waals surface area contributed by atoms with E-state index < -0.39 is 0 Å². The van der Waals surface area contributed by atoms with E-state index in [0.29, 0.717) is 17.1 Å². The molecule has 2 rings (SSSR count). The Bertz CT molecular complexity index is 357. The second-order valence-electron chi connectivity index (χ2n) is 7.39. The van der Waals surface area contributed by atoms with Gasteiger partial charge in [0.2, 0.25) is 0 Å². The summed E-state index contributed by atoms with van der Waals surface area (Å²) in [5.41, 5.74) is 1.62. The van der Waals surface area contributed by atoms with Crippen molar-refractivity contribution in [3.8, 4) is 0 Å². The van der Waals surface area contributed by atoms with Crippen LogP contribution in [0.4, 0.5) is 0 Å². The first-order chi connectivity index (χ1) is 8.95. The number of carbonyl (C=O) groups excluding carboxylic acids is 1. The highest BCUT2D eigenvalue weighted by atomic mass is 16.1. The minimum atomic E-state index is 0.317. The van der Waals surface area contributed by atoms with Crippen LogP contribution in [0.1, 0.15) is 72.1 Å². The van der Waals surface area contributed by atoms with Crippen LogP contribution in [0.15, 0.2) is 12.2 Å². The molecule has 0 aliphatic heterocycles. The fraction of sp³-hybridized carbons (Fsp3) is 0.833. The summed E-state index contributed by atoms with van der Waals surface area (Å²) in [5, 5.41) is 0. The first-order valence-corrected chi connectivity index (χ1v) is 8.12. The van der Waals surface area contributed by atoms with Gasteiger partial charge in [0.1, 0.15) is 5.78 Å². The third-order valence-corrected chi connectivity index (χ3v) is 5.89. The molecule has 108 valence electrons. The largest absolute Gasteiger partial charge is 0.299 e. The third-order valence-electron chi connectivity index (χ3n) is 5.89.